The molecule has 0 spiro atoms. The zero-order valence-electron chi connectivity index (χ0n) is 15.4. The van der Waals surface area contributed by atoms with Crippen LogP contribution in [0.15, 0.2) is 96.2 Å². The maximum absolute atomic E-state index is 9.91. The van der Waals surface area contributed by atoms with Gasteiger partial charge < -0.3 is 5.21 Å². The minimum absolute atomic E-state index is 0.0172. The molecule has 3 aromatic rings. The van der Waals surface area contributed by atoms with E-state index in [2.05, 4.69) is 89.9 Å². The first-order chi connectivity index (χ1) is 13.3. The molecule has 1 aliphatic rings. The zero-order valence-corrected chi connectivity index (χ0v) is 15.4. The van der Waals surface area contributed by atoms with Crippen molar-refractivity contribution in [2.75, 3.05) is 7.05 Å². The van der Waals surface area contributed by atoms with Crippen LogP contribution in [0.3, 0.4) is 0 Å². The van der Waals surface area contributed by atoms with E-state index in [1.165, 1.54) is 16.7 Å². The topological polar surface area (TPSA) is 35.8 Å². The van der Waals surface area contributed by atoms with E-state index in [1.807, 2.05) is 18.2 Å². The van der Waals surface area contributed by atoms with Gasteiger partial charge in [0.1, 0.15) is 0 Å². The van der Waals surface area contributed by atoms with E-state index in [0.717, 1.165) is 5.71 Å². The minimum Gasteiger partial charge on any atom is -0.411 e. The smallest absolute Gasteiger partial charge is 0.0683 e. The molecule has 1 N–H and O–H groups in total. The number of likely N-dealkylation sites (N-methyl/N-ethyl adjacent to an activating group) is 1. The van der Waals surface area contributed by atoms with Crippen LogP contribution in [0.1, 0.15) is 41.1 Å². The summed E-state index contributed by atoms with van der Waals surface area (Å²) in [6.45, 7) is 0. The first-order valence-corrected chi connectivity index (χ1v) is 9.37. The summed E-state index contributed by atoms with van der Waals surface area (Å²) in [7, 11) is 2.18. The first-order valence-electron chi connectivity index (χ1n) is 9.37. The Labute approximate surface area is 160 Å². The molecule has 3 heteroatoms. The first kappa shape index (κ1) is 17.5. The van der Waals surface area contributed by atoms with Crippen molar-refractivity contribution < 1.29 is 5.21 Å². The van der Waals surface area contributed by atoms with Gasteiger partial charge in [-0.05, 0) is 23.7 Å². The number of hydrogen-bond acceptors (Lipinski definition) is 3. The summed E-state index contributed by atoms with van der Waals surface area (Å²) in [6, 6.07) is 31.7. The Hall–Kier alpha value is -2.91. The van der Waals surface area contributed by atoms with Gasteiger partial charge in [0.25, 0.3) is 0 Å². The molecule has 3 aromatic carbocycles. The zero-order chi connectivity index (χ0) is 18.6. The molecule has 1 fully saturated rings. The molecule has 0 aromatic heterocycles. The van der Waals surface area contributed by atoms with Crippen LogP contribution in [-0.4, -0.2) is 22.9 Å². The number of nitrogens with zero attached hydrogens (tertiary/aromatic N) is 2. The Morgan fingerprint density at radius 3 is 1.74 bits per heavy atom. The molecular formula is C24H24N2O. The molecule has 0 aliphatic carbocycles. The van der Waals surface area contributed by atoms with E-state index >= 15 is 0 Å². The van der Waals surface area contributed by atoms with Gasteiger partial charge in [0.05, 0.1) is 5.71 Å². The van der Waals surface area contributed by atoms with Crippen LogP contribution >= 0.6 is 0 Å². The lowest BCUT2D eigenvalue weighted by Gasteiger charge is -2.45. The molecule has 0 bridgehead atoms. The van der Waals surface area contributed by atoms with Gasteiger partial charge in [-0.25, -0.2) is 0 Å². The number of hydrogen-bond donors (Lipinski definition) is 1. The van der Waals surface area contributed by atoms with Crippen molar-refractivity contribution in [3.63, 3.8) is 0 Å². The highest BCUT2D eigenvalue weighted by molar-refractivity contribution is 5.93. The Morgan fingerprint density at radius 2 is 1.22 bits per heavy atom. The van der Waals surface area contributed by atoms with Gasteiger partial charge >= 0.3 is 0 Å². The van der Waals surface area contributed by atoms with Gasteiger partial charge in [0.15, 0.2) is 0 Å². The Bertz CT molecular complexity index is 893. The highest BCUT2D eigenvalue weighted by Gasteiger charge is 2.41. The van der Waals surface area contributed by atoms with Crippen molar-refractivity contribution >= 4 is 5.71 Å². The van der Waals surface area contributed by atoms with Gasteiger partial charge in [-0.2, -0.15) is 0 Å². The molecule has 0 saturated carbocycles. The van der Waals surface area contributed by atoms with Gasteiger partial charge in [-0.3, -0.25) is 4.90 Å². The summed E-state index contributed by atoms with van der Waals surface area (Å²) >= 11 is 0. The summed E-state index contributed by atoms with van der Waals surface area (Å²) in [5, 5.41) is 13.7. The lowest BCUT2D eigenvalue weighted by Crippen LogP contribution is -2.42. The van der Waals surface area contributed by atoms with Crippen LogP contribution in [-0.2, 0) is 0 Å². The lowest BCUT2D eigenvalue weighted by molar-refractivity contribution is 0.144. The molecular weight excluding hydrogens is 332 g/mol. The van der Waals surface area contributed by atoms with E-state index in [1.54, 1.807) is 0 Å². The monoisotopic (exact) mass is 356 g/mol. The molecule has 27 heavy (non-hydrogen) atoms. The summed E-state index contributed by atoms with van der Waals surface area (Å²) in [5.41, 5.74) is 4.49. The quantitative estimate of drug-likeness (QED) is 0.502. The maximum atomic E-state index is 9.91. The number of rotatable bonds is 3. The predicted octanol–water partition coefficient (Wildman–Crippen LogP) is 5.42. The van der Waals surface area contributed by atoms with E-state index < -0.39 is 0 Å². The predicted molar refractivity (Wildman–Crippen MR) is 109 cm³/mol. The van der Waals surface area contributed by atoms with Crippen LogP contribution in [0.4, 0.5) is 0 Å². The maximum Gasteiger partial charge on any atom is 0.0683 e. The fourth-order valence-electron chi connectivity index (χ4n) is 4.32. The average Bonchev–Trinajstić information content (AvgIpc) is 2.75. The fourth-order valence-corrected chi connectivity index (χ4v) is 4.32. The van der Waals surface area contributed by atoms with Crippen LogP contribution in [0.25, 0.3) is 0 Å². The van der Waals surface area contributed by atoms with Gasteiger partial charge in [0, 0.05) is 24.4 Å². The van der Waals surface area contributed by atoms with Gasteiger partial charge in [-0.1, -0.05) is 96.2 Å². The molecule has 0 amide bonds. The Kier molecular flexibility index (Phi) is 5.03. The molecule has 0 unspecified atom stereocenters. The standard InChI is InChI=1S/C24H24N2O/c1-26-22(18-11-5-2-6-12-18)17-21(25-27)23(19-13-7-3-8-14-19)24(26)20-15-9-4-10-16-20/h2-16,22-24,27H,17H2,1H3/b25-21-/t22-,23-,24-/m0/s1. The second-order valence-electron chi connectivity index (χ2n) is 7.13. The molecule has 1 saturated heterocycles. The van der Waals surface area contributed by atoms with Gasteiger partial charge in [0.2, 0.25) is 0 Å². The Morgan fingerprint density at radius 1 is 0.741 bits per heavy atom. The van der Waals surface area contributed by atoms with Crippen LogP contribution in [0.5, 0.6) is 0 Å². The molecule has 136 valence electrons. The lowest BCUT2D eigenvalue weighted by atomic mass is 9.75. The second kappa shape index (κ2) is 7.77. The number of piperidine rings is 1. The molecule has 3 atom stereocenters. The highest BCUT2D eigenvalue weighted by atomic mass is 16.4. The number of benzene rings is 3. The van der Waals surface area contributed by atoms with Crippen molar-refractivity contribution in [1.29, 1.82) is 0 Å². The molecule has 4 rings (SSSR count). The molecule has 3 nitrogen and oxygen atoms in total. The largest absolute Gasteiger partial charge is 0.411 e. The van der Waals surface area contributed by atoms with E-state index in [9.17, 15) is 5.21 Å². The van der Waals surface area contributed by atoms with Crippen molar-refractivity contribution in [2.24, 2.45) is 5.16 Å². The molecule has 1 aliphatic heterocycles. The third-order valence-electron chi connectivity index (χ3n) is 5.62. The molecule has 1 heterocycles. The third-order valence-corrected chi connectivity index (χ3v) is 5.62. The fraction of sp³-hybridized carbons (Fsp3) is 0.208. The van der Waals surface area contributed by atoms with Crippen molar-refractivity contribution in [3.8, 4) is 0 Å². The molecule has 0 radical (unpaired) electrons. The SMILES string of the molecule is CN1[C@H](c2ccccc2)C/C(=N/O)[C@H](c2ccccc2)[C@@H]1c1ccccc1. The van der Waals surface area contributed by atoms with Crippen molar-refractivity contribution in [1.82, 2.24) is 4.90 Å². The normalized spacial score (nSPS) is 24.8. The summed E-state index contributed by atoms with van der Waals surface area (Å²) in [6.07, 6.45) is 0.708. The number of likely N-dealkylation sites (tertiary alicyclic amines) is 1. The Balaban J connectivity index is 1.84. The highest BCUT2D eigenvalue weighted by Crippen LogP contribution is 2.47. The summed E-state index contributed by atoms with van der Waals surface area (Å²) in [4.78, 5) is 2.43. The number of oxime groups is 1. The van der Waals surface area contributed by atoms with Crippen LogP contribution < -0.4 is 0 Å². The van der Waals surface area contributed by atoms with E-state index in [4.69, 9.17) is 0 Å². The second-order valence-corrected chi connectivity index (χ2v) is 7.13. The van der Waals surface area contributed by atoms with Crippen molar-refractivity contribution in [3.05, 3.63) is 108 Å². The van der Waals surface area contributed by atoms with E-state index in [-0.39, 0.29) is 18.0 Å². The van der Waals surface area contributed by atoms with Crippen LogP contribution in [0.2, 0.25) is 0 Å². The third kappa shape index (κ3) is 3.38. The van der Waals surface area contributed by atoms with E-state index in [0.29, 0.717) is 6.42 Å². The van der Waals surface area contributed by atoms with Crippen LogP contribution in [0, 0.1) is 0 Å². The minimum atomic E-state index is 0.0172. The summed E-state index contributed by atoms with van der Waals surface area (Å²) < 4.78 is 0. The van der Waals surface area contributed by atoms with Crippen molar-refractivity contribution in [2.45, 2.75) is 24.4 Å². The summed E-state index contributed by atoms with van der Waals surface area (Å²) in [5.74, 6) is 0.0172. The van der Waals surface area contributed by atoms with Gasteiger partial charge in [-0.15, -0.1) is 0 Å². The average molecular weight is 356 g/mol.